The standard InChI is InChI=1S/C33H28ClN11O2/c34-27-17-28(30(47)18-29(27)46)42-43-31-39-32(44(19-23-9-1-5-13-35-23)20-24-10-2-6-14-36-24)41-33(40-31)45(21-25-11-3-7-15-37-25)22-26-12-4-8-16-38-26/h1-18,46-47H,19-22H2. The van der Waals surface area contributed by atoms with Gasteiger partial charge in [-0.3, -0.25) is 19.9 Å². The lowest BCUT2D eigenvalue weighted by Crippen LogP contribution is -2.29. The Kier molecular flexibility index (Phi) is 9.74. The molecule has 13 nitrogen and oxygen atoms in total. The number of nitrogens with zero attached hydrogens (tertiary/aromatic N) is 11. The van der Waals surface area contributed by atoms with Crippen molar-refractivity contribution in [3.63, 3.8) is 0 Å². The molecule has 0 saturated heterocycles. The van der Waals surface area contributed by atoms with Crippen LogP contribution in [0.3, 0.4) is 0 Å². The number of benzene rings is 1. The van der Waals surface area contributed by atoms with Crippen molar-refractivity contribution >= 4 is 35.1 Å². The number of phenolic OH excluding ortho intramolecular Hbond substituents is 2. The molecule has 5 heterocycles. The SMILES string of the molecule is Oc1cc(O)c(N=Nc2nc(N(Cc3ccccn3)Cc3ccccn3)nc(N(Cc3ccccn3)Cc3ccccn3)n2)cc1Cl. The summed E-state index contributed by atoms with van der Waals surface area (Å²) >= 11 is 6.07. The van der Waals surface area contributed by atoms with Gasteiger partial charge >= 0.3 is 0 Å². The maximum Gasteiger partial charge on any atom is 0.275 e. The molecule has 0 atom stereocenters. The lowest BCUT2D eigenvalue weighted by molar-refractivity contribution is 0.451. The number of aromatic nitrogens is 7. The molecule has 2 N–H and O–H groups in total. The third-order valence-electron chi connectivity index (χ3n) is 6.77. The van der Waals surface area contributed by atoms with Gasteiger partial charge in [-0.25, -0.2) is 0 Å². The molecule has 0 amide bonds. The van der Waals surface area contributed by atoms with Crippen LogP contribution in [0.4, 0.5) is 23.5 Å². The van der Waals surface area contributed by atoms with Gasteiger partial charge < -0.3 is 20.0 Å². The van der Waals surface area contributed by atoms with Gasteiger partial charge in [0.05, 0.1) is 54.0 Å². The van der Waals surface area contributed by atoms with Crippen LogP contribution in [0.25, 0.3) is 0 Å². The quantitative estimate of drug-likeness (QED) is 0.143. The third kappa shape index (κ3) is 8.35. The molecule has 234 valence electrons. The van der Waals surface area contributed by atoms with E-state index in [1.165, 1.54) is 6.07 Å². The lowest BCUT2D eigenvalue weighted by atomic mass is 10.3. The molecule has 1 aromatic carbocycles. The number of phenols is 2. The van der Waals surface area contributed by atoms with Gasteiger partial charge in [-0.05, 0) is 54.6 Å². The van der Waals surface area contributed by atoms with Crippen molar-refractivity contribution in [1.82, 2.24) is 34.9 Å². The first-order chi connectivity index (χ1) is 23.0. The molecule has 14 heteroatoms. The van der Waals surface area contributed by atoms with Gasteiger partial charge in [0, 0.05) is 30.9 Å². The summed E-state index contributed by atoms with van der Waals surface area (Å²) < 4.78 is 0. The molecule has 0 radical (unpaired) electrons. The van der Waals surface area contributed by atoms with Crippen LogP contribution < -0.4 is 9.80 Å². The predicted molar refractivity (Wildman–Crippen MR) is 176 cm³/mol. The predicted octanol–water partition coefficient (Wildman–Crippen LogP) is 6.35. The molecular formula is C33H28ClN11O2. The monoisotopic (exact) mass is 645 g/mol. The summed E-state index contributed by atoms with van der Waals surface area (Å²) in [7, 11) is 0. The lowest BCUT2D eigenvalue weighted by Gasteiger charge is -2.26. The third-order valence-corrected chi connectivity index (χ3v) is 7.08. The Hall–Kier alpha value is -6.08. The van der Waals surface area contributed by atoms with Gasteiger partial charge in [0.1, 0.15) is 17.2 Å². The van der Waals surface area contributed by atoms with E-state index in [9.17, 15) is 10.2 Å². The average molecular weight is 646 g/mol. The van der Waals surface area contributed by atoms with E-state index in [4.69, 9.17) is 16.6 Å². The van der Waals surface area contributed by atoms with Crippen LogP contribution in [-0.4, -0.2) is 45.1 Å². The molecule has 0 aliphatic carbocycles. The van der Waals surface area contributed by atoms with Gasteiger partial charge in [0.2, 0.25) is 11.9 Å². The van der Waals surface area contributed by atoms with Crippen molar-refractivity contribution < 1.29 is 10.2 Å². The van der Waals surface area contributed by atoms with E-state index in [1.54, 1.807) is 24.8 Å². The molecule has 0 bridgehead atoms. The number of anilines is 2. The minimum atomic E-state index is -0.316. The molecule has 6 aromatic rings. The van der Waals surface area contributed by atoms with E-state index >= 15 is 0 Å². The fourth-order valence-corrected chi connectivity index (χ4v) is 4.69. The highest BCUT2D eigenvalue weighted by atomic mass is 35.5. The Morgan fingerprint density at radius 2 is 0.957 bits per heavy atom. The molecule has 0 aliphatic rings. The molecule has 0 fully saturated rings. The maximum absolute atomic E-state index is 10.4. The second-order valence-corrected chi connectivity index (χ2v) is 10.6. The average Bonchev–Trinajstić information content (AvgIpc) is 3.10. The van der Waals surface area contributed by atoms with E-state index in [2.05, 4.69) is 40.1 Å². The number of aromatic hydroxyl groups is 2. The van der Waals surface area contributed by atoms with Crippen molar-refractivity contribution in [1.29, 1.82) is 0 Å². The summed E-state index contributed by atoms with van der Waals surface area (Å²) in [6.45, 7) is 1.41. The van der Waals surface area contributed by atoms with Crippen molar-refractivity contribution in [2.75, 3.05) is 9.80 Å². The summed E-state index contributed by atoms with van der Waals surface area (Å²) in [4.78, 5) is 36.2. The summed E-state index contributed by atoms with van der Waals surface area (Å²) in [5.41, 5.74) is 3.17. The van der Waals surface area contributed by atoms with Crippen LogP contribution in [0.15, 0.2) is 120 Å². The van der Waals surface area contributed by atoms with Crippen molar-refractivity contribution in [3.8, 4) is 11.5 Å². The van der Waals surface area contributed by atoms with Crippen LogP contribution in [0.1, 0.15) is 22.8 Å². The van der Waals surface area contributed by atoms with E-state index in [-0.39, 0.29) is 28.2 Å². The van der Waals surface area contributed by atoms with Crippen LogP contribution in [0, 0.1) is 0 Å². The van der Waals surface area contributed by atoms with Gasteiger partial charge in [-0.2, -0.15) is 15.0 Å². The Morgan fingerprint density at radius 1 is 0.532 bits per heavy atom. The first-order valence-corrected chi connectivity index (χ1v) is 14.9. The number of halogens is 1. The zero-order chi connectivity index (χ0) is 32.4. The van der Waals surface area contributed by atoms with Crippen molar-refractivity contribution in [3.05, 3.63) is 138 Å². The Labute approximate surface area is 275 Å². The number of azo groups is 1. The van der Waals surface area contributed by atoms with Crippen LogP contribution in [-0.2, 0) is 26.2 Å². The summed E-state index contributed by atoms with van der Waals surface area (Å²) in [5.74, 6) is -0.0515. The largest absolute Gasteiger partial charge is 0.506 e. The van der Waals surface area contributed by atoms with E-state index in [0.29, 0.717) is 38.1 Å². The van der Waals surface area contributed by atoms with Crippen molar-refractivity contribution in [2.24, 2.45) is 10.2 Å². The highest BCUT2D eigenvalue weighted by Gasteiger charge is 2.21. The van der Waals surface area contributed by atoms with Crippen LogP contribution in [0.2, 0.25) is 5.02 Å². The summed E-state index contributed by atoms with van der Waals surface area (Å²) in [5, 5.41) is 28.7. The van der Waals surface area contributed by atoms with Crippen LogP contribution in [0.5, 0.6) is 11.5 Å². The fraction of sp³-hybridized carbons (Fsp3) is 0.121. The molecule has 6 rings (SSSR count). The zero-order valence-corrected chi connectivity index (χ0v) is 25.7. The zero-order valence-electron chi connectivity index (χ0n) is 24.9. The van der Waals surface area contributed by atoms with E-state index < -0.39 is 0 Å². The topological polar surface area (TPSA) is 162 Å². The second kappa shape index (κ2) is 14.8. The molecular weight excluding hydrogens is 618 g/mol. The van der Waals surface area contributed by atoms with Crippen molar-refractivity contribution in [2.45, 2.75) is 26.2 Å². The highest BCUT2D eigenvalue weighted by Crippen LogP contribution is 2.37. The van der Waals surface area contributed by atoms with Gasteiger partial charge in [0.15, 0.2) is 0 Å². The number of hydrogen-bond acceptors (Lipinski definition) is 13. The fourth-order valence-electron chi connectivity index (χ4n) is 4.53. The molecule has 0 spiro atoms. The van der Waals surface area contributed by atoms with E-state index in [1.807, 2.05) is 82.6 Å². The maximum atomic E-state index is 10.4. The minimum Gasteiger partial charge on any atom is -0.506 e. The molecule has 47 heavy (non-hydrogen) atoms. The Morgan fingerprint density at radius 3 is 1.34 bits per heavy atom. The first kappa shape index (κ1) is 30.9. The molecule has 0 saturated carbocycles. The number of rotatable bonds is 12. The van der Waals surface area contributed by atoms with Gasteiger partial charge in [-0.15, -0.1) is 10.2 Å². The smallest absolute Gasteiger partial charge is 0.275 e. The van der Waals surface area contributed by atoms with Crippen LogP contribution >= 0.6 is 11.6 Å². The minimum absolute atomic E-state index is 0.00238. The van der Waals surface area contributed by atoms with Gasteiger partial charge in [-0.1, -0.05) is 35.9 Å². The summed E-state index contributed by atoms with van der Waals surface area (Å²) in [6.07, 6.45) is 6.90. The first-order valence-electron chi connectivity index (χ1n) is 14.5. The second-order valence-electron chi connectivity index (χ2n) is 10.2. The molecule has 5 aromatic heterocycles. The number of pyridine rings is 4. The van der Waals surface area contributed by atoms with E-state index in [0.717, 1.165) is 28.8 Å². The highest BCUT2D eigenvalue weighted by molar-refractivity contribution is 6.32. The normalized spacial score (nSPS) is 11.1. The Bertz CT molecular complexity index is 1750. The Balaban J connectivity index is 1.46. The molecule has 0 aliphatic heterocycles. The summed E-state index contributed by atoms with van der Waals surface area (Å²) in [6, 6.07) is 25.1. The number of hydrogen-bond donors (Lipinski definition) is 2. The van der Waals surface area contributed by atoms with Gasteiger partial charge in [0.25, 0.3) is 5.95 Å². The molecule has 0 unspecified atom stereocenters.